The summed E-state index contributed by atoms with van der Waals surface area (Å²) in [5.74, 6) is 0. The molecular formula is C20H22N4. The van der Waals surface area contributed by atoms with E-state index >= 15 is 0 Å². The van der Waals surface area contributed by atoms with Gasteiger partial charge >= 0.3 is 0 Å². The van der Waals surface area contributed by atoms with Gasteiger partial charge in [0.15, 0.2) is 0 Å². The van der Waals surface area contributed by atoms with E-state index in [1.54, 1.807) is 0 Å². The Morgan fingerprint density at radius 3 is 2.62 bits per heavy atom. The molecule has 1 aliphatic heterocycles. The minimum Gasteiger partial charge on any atom is -0.370 e. The topological polar surface area (TPSA) is 41.9 Å². The molecule has 3 aromatic heterocycles. The molecule has 0 unspecified atom stereocenters. The van der Waals surface area contributed by atoms with Crippen molar-refractivity contribution in [3.8, 4) is 11.3 Å². The van der Waals surface area contributed by atoms with E-state index in [-0.39, 0.29) is 0 Å². The van der Waals surface area contributed by atoms with Gasteiger partial charge in [-0.3, -0.25) is 9.97 Å². The molecule has 0 bridgehead atoms. The fourth-order valence-electron chi connectivity index (χ4n) is 3.62. The van der Waals surface area contributed by atoms with Gasteiger partial charge in [-0.2, -0.15) is 0 Å². The monoisotopic (exact) mass is 318 g/mol. The zero-order valence-corrected chi connectivity index (χ0v) is 14.2. The van der Waals surface area contributed by atoms with Gasteiger partial charge in [0, 0.05) is 48.3 Å². The number of rotatable bonds is 2. The Morgan fingerprint density at radius 2 is 1.83 bits per heavy atom. The summed E-state index contributed by atoms with van der Waals surface area (Å²) in [6.45, 7) is 6.88. The van der Waals surface area contributed by atoms with Gasteiger partial charge in [-0.25, -0.2) is 4.98 Å². The van der Waals surface area contributed by atoms with Crippen LogP contribution >= 0.6 is 0 Å². The summed E-state index contributed by atoms with van der Waals surface area (Å²) in [5, 5.41) is 1.18. The Morgan fingerprint density at radius 1 is 1.04 bits per heavy atom. The maximum absolute atomic E-state index is 4.82. The molecule has 0 N–H and O–H groups in total. The van der Waals surface area contributed by atoms with Crippen molar-refractivity contribution < 1.29 is 0 Å². The van der Waals surface area contributed by atoms with Crippen LogP contribution < -0.4 is 4.90 Å². The van der Waals surface area contributed by atoms with Crippen molar-refractivity contribution in [2.75, 3.05) is 18.0 Å². The number of hydrogen-bond acceptors (Lipinski definition) is 4. The van der Waals surface area contributed by atoms with Crippen LogP contribution in [-0.2, 0) is 0 Å². The van der Waals surface area contributed by atoms with Gasteiger partial charge < -0.3 is 4.90 Å². The Kier molecular flexibility index (Phi) is 3.68. The molecule has 0 amide bonds. The third-order valence-corrected chi connectivity index (χ3v) is 4.81. The highest BCUT2D eigenvalue weighted by Gasteiger charge is 2.27. The highest BCUT2D eigenvalue weighted by Crippen LogP contribution is 2.36. The van der Waals surface area contributed by atoms with E-state index in [1.807, 2.05) is 36.9 Å². The molecule has 4 heterocycles. The number of fused-ring (bicyclic) bond motifs is 1. The van der Waals surface area contributed by atoms with Crippen LogP contribution in [0.4, 0.5) is 5.69 Å². The van der Waals surface area contributed by atoms with Gasteiger partial charge in [-0.1, -0.05) is 13.8 Å². The largest absolute Gasteiger partial charge is 0.370 e. The summed E-state index contributed by atoms with van der Waals surface area (Å²) in [6.07, 6.45) is 9.85. The number of aromatic nitrogens is 3. The van der Waals surface area contributed by atoms with Gasteiger partial charge in [-0.05, 0) is 42.5 Å². The van der Waals surface area contributed by atoms with Crippen LogP contribution in [-0.4, -0.2) is 28.0 Å². The molecule has 4 rings (SSSR count). The van der Waals surface area contributed by atoms with E-state index in [4.69, 9.17) is 4.98 Å². The number of hydrogen-bond donors (Lipinski definition) is 0. The van der Waals surface area contributed by atoms with E-state index in [2.05, 4.69) is 40.8 Å². The second-order valence-corrected chi connectivity index (χ2v) is 7.34. The van der Waals surface area contributed by atoms with Gasteiger partial charge in [0.2, 0.25) is 0 Å². The van der Waals surface area contributed by atoms with E-state index < -0.39 is 0 Å². The highest BCUT2D eigenvalue weighted by atomic mass is 15.1. The number of piperidine rings is 1. The summed E-state index contributed by atoms with van der Waals surface area (Å²) in [5.41, 5.74) is 4.63. The highest BCUT2D eigenvalue weighted by molar-refractivity contribution is 5.93. The molecule has 4 heteroatoms. The predicted molar refractivity (Wildman–Crippen MR) is 98.0 cm³/mol. The summed E-state index contributed by atoms with van der Waals surface area (Å²) in [6, 6.07) is 8.32. The van der Waals surface area contributed by atoms with Crippen molar-refractivity contribution in [1.29, 1.82) is 0 Å². The van der Waals surface area contributed by atoms with E-state index in [0.717, 1.165) is 29.9 Å². The van der Waals surface area contributed by atoms with Crippen LogP contribution in [0.1, 0.15) is 26.7 Å². The normalized spacial score (nSPS) is 17.2. The van der Waals surface area contributed by atoms with Crippen molar-refractivity contribution in [2.45, 2.75) is 26.7 Å². The standard InChI is InChI=1S/C20H22N4/c1-20(2)7-3-11-24(14-20)19-12-17(15-4-8-21-9-5-15)23-18-13-22-10-6-16(18)19/h4-6,8-10,12-13H,3,7,11,14H2,1-2H3. The Bertz CT molecular complexity index is 858. The van der Waals surface area contributed by atoms with Crippen molar-refractivity contribution in [3.63, 3.8) is 0 Å². The molecule has 3 aromatic rings. The molecule has 122 valence electrons. The molecule has 0 aromatic carbocycles. The summed E-state index contributed by atoms with van der Waals surface area (Å²) < 4.78 is 0. The molecular weight excluding hydrogens is 296 g/mol. The lowest BCUT2D eigenvalue weighted by molar-refractivity contribution is 0.293. The summed E-state index contributed by atoms with van der Waals surface area (Å²) in [4.78, 5) is 15.7. The average Bonchev–Trinajstić information content (AvgIpc) is 2.60. The summed E-state index contributed by atoms with van der Waals surface area (Å²) >= 11 is 0. The zero-order chi connectivity index (χ0) is 16.6. The fraction of sp³-hybridized carbons (Fsp3) is 0.350. The first-order chi connectivity index (χ1) is 11.6. The Balaban J connectivity index is 1.87. The van der Waals surface area contributed by atoms with Crippen molar-refractivity contribution in [1.82, 2.24) is 15.0 Å². The maximum atomic E-state index is 4.82. The molecule has 4 nitrogen and oxygen atoms in total. The van der Waals surface area contributed by atoms with Crippen LogP contribution in [0.25, 0.3) is 22.2 Å². The van der Waals surface area contributed by atoms with Crippen LogP contribution in [0.15, 0.2) is 49.1 Å². The molecule has 0 saturated carbocycles. The van der Waals surface area contributed by atoms with Crippen molar-refractivity contribution in [2.24, 2.45) is 5.41 Å². The summed E-state index contributed by atoms with van der Waals surface area (Å²) in [7, 11) is 0. The van der Waals surface area contributed by atoms with E-state index in [1.165, 1.54) is 23.9 Å². The third kappa shape index (κ3) is 2.84. The molecule has 0 spiro atoms. The third-order valence-electron chi connectivity index (χ3n) is 4.81. The first-order valence-corrected chi connectivity index (χ1v) is 8.53. The quantitative estimate of drug-likeness (QED) is 0.706. The molecule has 1 aliphatic rings. The lowest BCUT2D eigenvalue weighted by Gasteiger charge is -2.40. The predicted octanol–water partition coefficient (Wildman–Crippen LogP) is 4.32. The maximum Gasteiger partial charge on any atom is 0.0913 e. The van der Waals surface area contributed by atoms with Gasteiger partial charge in [0.25, 0.3) is 0 Å². The molecule has 0 radical (unpaired) electrons. The lowest BCUT2D eigenvalue weighted by Crippen LogP contribution is -2.40. The molecule has 1 fully saturated rings. The van der Waals surface area contributed by atoms with E-state index in [9.17, 15) is 0 Å². The van der Waals surface area contributed by atoms with Crippen molar-refractivity contribution >= 4 is 16.6 Å². The fourth-order valence-corrected chi connectivity index (χ4v) is 3.62. The molecule has 0 aliphatic carbocycles. The van der Waals surface area contributed by atoms with Crippen LogP contribution in [0, 0.1) is 5.41 Å². The average molecular weight is 318 g/mol. The first kappa shape index (κ1) is 15.1. The van der Waals surface area contributed by atoms with Gasteiger partial charge in [0.1, 0.15) is 0 Å². The number of pyridine rings is 3. The molecule has 24 heavy (non-hydrogen) atoms. The Labute approximate surface area is 142 Å². The smallest absolute Gasteiger partial charge is 0.0913 e. The minimum atomic E-state index is 0.345. The SMILES string of the molecule is CC1(C)CCCN(c2cc(-c3ccncc3)nc3cnccc23)C1. The number of anilines is 1. The Hall–Kier alpha value is -2.49. The van der Waals surface area contributed by atoms with Gasteiger partial charge in [0.05, 0.1) is 17.4 Å². The zero-order valence-electron chi connectivity index (χ0n) is 14.2. The van der Waals surface area contributed by atoms with E-state index in [0.29, 0.717) is 5.41 Å². The van der Waals surface area contributed by atoms with Crippen LogP contribution in [0.3, 0.4) is 0 Å². The second-order valence-electron chi connectivity index (χ2n) is 7.34. The number of nitrogens with zero attached hydrogens (tertiary/aromatic N) is 4. The van der Waals surface area contributed by atoms with Gasteiger partial charge in [-0.15, -0.1) is 0 Å². The molecule has 0 atom stereocenters. The second kappa shape index (κ2) is 5.86. The van der Waals surface area contributed by atoms with Crippen LogP contribution in [0.2, 0.25) is 0 Å². The van der Waals surface area contributed by atoms with Crippen LogP contribution in [0.5, 0.6) is 0 Å². The molecule has 1 saturated heterocycles. The minimum absolute atomic E-state index is 0.345. The van der Waals surface area contributed by atoms with Crippen molar-refractivity contribution in [3.05, 3.63) is 49.1 Å². The first-order valence-electron chi connectivity index (χ1n) is 8.53. The lowest BCUT2D eigenvalue weighted by atomic mass is 9.84.